The van der Waals surface area contributed by atoms with E-state index in [1.54, 1.807) is 62.2 Å². The summed E-state index contributed by atoms with van der Waals surface area (Å²) in [6.07, 6.45) is -1.49. The predicted octanol–water partition coefficient (Wildman–Crippen LogP) is 5.47. The topological polar surface area (TPSA) is 106 Å². The molecule has 2 aromatic carbocycles. The molecule has 228 valence electrons. The number of alkyl halides is 3. The Morgan fingerprint density at radius 2 is 1.53 bits per heavy atom. The summed E-state index contributed by atoms with van der Waals surface area (Å²) < 4.78 is 47.9. The number of amides is 2. The number of halogens is 3. The molecule has 1 aliphatic rings. The van der Waals surface area contributed by atoms with E-state index in [-0.39, 0.29) is 18.7 Å². The van der Waals surface area contributed by atoms with E-state index in [1.807, 2.05) is 6.07 Å². The molecule has 0 spiro atoms. The molecule has 0 radical (unpaired) electrons. The second-order valence-corrected chi connectivity index (χ2v) is 11.5. The van der Waals surface area contributed by atoms with Gasteiger partial charge in [-0.2, -0.15) is 13.2 Å². The van der Waals surface area contributed by atoms with Crippen molar-refractivity contribution in [3.8, 4) is 0 Å². The number of piperazine rings is 1. The minimum absolute atomic E-state index is 0.0922. The largest absolute Gasteiger partial charge is 0.444 e. The molecule has 0 bridgehead atoms. The lowest BCUT2D eigenvalue weighted by molar-refractivity contribution is -0.138. The highest BCUT2D eigenvalue weighted by Gasteiger charge is 2.36. The predicted molar refractivity (Wildman–Crippen MR) is 156 cm³/mol. The summed E-state index contributed by atoms with van der Waals surface area (Å²) >= 11 is 0. The molecule has 3 aromatic rings. The quantitative estimate of drug-likeness (QED) is 0.346. The van der Waals surface area contributed by atoms with E-state index in [0.717, 1.165) is 17.2 Å². The van der Waals surface area contributed by atoms with Crippen molar-refractivity contribution < 1.29 is 32.3 Å². The number of Topliss-reactive ketones (excluding diaryl/α,β-unsaturated/α-hetero) is 1. The van der Waals surface area contributed by atoms with Gasteiger partial charge in [0.15, 0.2) is 5.78 Å². The second-order valence-electron chi connectivity index (χ2n) is 11.5. The Morgan fingerprint density at radius 1 is 0.884 bits per heavy atom. The maximum absolute atomic E-state index is 14.1. The number of rotatable bonds is 8. The summed E-state index contributed by atoms with van der Waals surface area (Å²) in [5.74, 6) is -1.02. The number of primary amides is 1. The fourth-order valence-electron chi connectivity index (χ4n) is 4.99. The Labute approximate surface area is 248 Å². The Hall–Kier alpha value is -4.41. The van der Waals surface area contributed by atoms with E-state index in [2.05, 4.69) is 4.98 Å². The molecule has 1 aromatic heterocycles. The number of carbonyl (C=O) groups is 3. The van der Waals surface area contributed by atoms with E-state index >= 15 is 0 Å². The summed E-state index contributed by atoms with van der Waals surface area (Å²) in [7, 11) is 0. The van der Waals surface area contributed by atoms with Crippen LogP contribution in [0.5, 0.6) is 0 Å². The first-order valence-electron chi connectivity index (χ1n) is 14.0. The molecule has 1 fully saturated rings. The Morgan fingerprint density at radius 3 is 2.19 bits per heavy atom. The minimum Gasteiger partial charge on any atom is -0.444 e. The van der Waals surface area contributed by atoms with Gasteiger partial charge in [-0.3, -0.25) is 14.6 Å². The number of ketones is 1. The van der Waals surface area contributed by atoms with Gasteiger partial charge in [0.1, 0.15) is 5.60 Å². The molecule has 1 aliphatic heterocycles. The van der Waals surface area contributed by atoms with Gasteiger partial charge < -0.3 is 20.3 Å². The van der Waals surface area contributed by atoms with Gasteiger partial charge in [-0.1, -0.05) is 24.3 Å². The van der Waals surface area contributed by atoms with Gasteiger partial charge in [0, 0.05) is 56.2 Å². The standard InChI is InChI=1S/C32H35F3N4O4/c1-31(2,3)43-30(42)39-14-12-38(13-15-39)27-9-5-8-26(32(33,34)35)25(27)18-28(40)23-7-4-6-21(16-23)10-11-22-17-24(29(36)41)20-37-19-22/h4-9,16-17,19-20H,10-15,18H2,1-3H3,(H2,36,41). The Bertz CT molecular complexity index is 1490. The van der Waals surface area contributed by atoms with Crippen molar-refractivity contribution in [3.05, 3.63) is 94.3 Å². The van der Waals surface area contributed by atoms with Crippen LogP contribution in [0.3, 0.4) is 0 Å². The number of hydrogen-bond donors (Lipinski definition) is 1. The third-order valence-electron chi connectivity index (χ3n) is 7.10. The normalized spacial score (nSPS) is 14.0. The number of benzene rings is 2. The van der Waals surface area contributed by atoms with Crippen molar-refractivity contribution in [3.63, 3.8) is 0 Å². The van der Waals surface area contributed by atoms with Crippen LogP contribution in [-0.4, -0.2) is 59.4 Å². The van der Waals surface area contributed by atoms with Crippen LogP contribution >= 0.6 is 0 Å². The molecule has 2 amide bonds. The molecule has 0 atom stereocenters. The highest BCUT2D eigenvalue weighted by atomic mass is 19.4. The van der Waals surface area contributed by atoms with Crippen molar-refractivity contribution in [2.24, 2.45) is 5.73 Å². The van der Waals surface area contributed by atoms with Gasteiger partial charge in [0.05, 0.1) is 11.1 Å². The fourth-order valence-corrected chi connectivity index (χ4v) is 4.99. The smallest absolute Gasteiger partial charge is 0.416 e. The summed E-state index contributed by atoms with van der Waals surface area (Å²) in [5.41, 5.74) is 6.26. The lowest BCUT2D eigenvalue weighted by atomic mass is 9.94. The van der Waals surface area contributed by atoms with Crippen LogP contribution in [0.25, 0.3) is 0 Å². The Balaban J connectivity index is 1.51. The van der Waals surface area contributed by atoms with Gasteiger partial charge in [0.25, 0.3) is 0 Å². The van der Waals surface area contributed by atoms with E-state index < -0.39 is 41.5 Å². The van der Waals surface area contributed by atoms with E-state index in [4.69, 9.17) is 10.5 Å². The van der Waals surface area contributed by atoms with Crippen molar-refractivity contribution in [2.75, 3.05) is 31.1 Å². The van der Waals surface area contributed by atoms with Crippen LogP contribution in [0.2, 0.25) is 0 Å². The average Bonchev–Trinajstić information content (AvgIpc) is 2.95. The lowest BCUT2D eigenvalue weighted by Crippen LogP contribution is -2.50. The van der Waals surface area contributed by atoms with Crippen molar-refractivity contribution >= 4 is 23.5 Å². The van der Waals surface area contributed by atoms with E-state index in [0.29, 0.717) is 42.7 Å². The molecule has 43 heavy (non-hydrogen) atoms. The zero-order chi connectivity index (χ0) is 31.4. The number of ether oxygens (including phenoxy) is 1. The summed E-state index contributed by atoms with van der Waals surface area (Å²) in [5, 5.41) is 0. The van der Waals surface area contributed by atoms with Crippen LogP contribution in [-0.2, 0) is 30.2 Å². The minimum atomic E-state index is -4.65. The zero-order valence-corrected chi connectivity index (χ0v) is 24.4. The molecule has 0 aliphatic carbocycles. The zero-order valence-electron chi connectivity index (χ0n) is 24.4. The summed E-state index contributed by atoms with van der Waals surface area (Å²) in [6.45, 7) is 6.45. The number of aryl methyl sites for hydroxylation is 2. The first-order valence-corrected chi connectivity index (χ1v) is 14.0. The molecule has 0 saturated carbocycles. The number of pyridine rings is 1. The van der Waals surface area contributed by atoms with Gasteiger partial charge in [-0.15, -0.1) is 0 Å². The first kappa shape index (κ1) is 31.5. The van der Waals surface area contributed by atoms with Crippen LogP contribution < -0.4 is 10.6 Å². The number of nitrogens with zero attached hydrogens (tertiary/aromatic N) is 3. The van der Waals surface area contributed by atoms with Crippen molar-refractivity contribution in [1.82, 2.24) is 9.88 Å². The molecular formula is C32H35F3N4O4. The van der Waals surface area contributed by atoms with Crippen LogP contribution in [0, 0.1) is 0 Å². The van der Waals surface area contributed by atoms with Crippen molar-refractivity contribution in [2.45, 2.75) is 51.8 Å². The van der Waals surface area contributed by atoms with E-state index in [1.165, 1.54) is 17.2 Å². The number of anilines is 1. The van der Waals surface area contributed by atoms with E-state index in [9.17, 15) is 27.6 Å². The highest BCUT2D eigenvalue weighted by Crippen LogP contribution is 2.37. The monoisotopic (exact) mass is 596 g/mol. The highest BCUT2D eigenvalue weighted by molar-refractivity contribution is 5.98. The molecule has 0 unspecified atom stereocenters. The lowest BCUT2D eigenvalue weighted by Gasteiger charge is -2.38. The third-order valence-corrected chi connectivity index (χ3v) is 7.10. The van der Waals surface area contributed by atoms with Gasteiger partial charge in [-0.05, 0) is 74.6 Å². The SMILES string of the molecule is CC(C)(C)OC(=O)N1CCN(c2cccc(C(F)(F)F)c2CC(=O)c2cccc(CCc3cncc(C(N)=O)c3)c2)CC1. The molecule has 4 rings (SSSR count). The number of carbonyl (C=O) groups excluding carboxylic acids is 3. The van der Waals surface area contributed by atoms with Crippen LogP contribution in [0.4, 0.5) is 23.7 Å². The number of nitrogens with two attached hydrogens (primary N) is 1. The summed E-state index contributed by atoms with van der Waals surface area (Å²) in [6, 6.07) is 12.4. The van der Waals surface area contributed by atoms with Crippen LogP contribution in [0.1, 0.15) is 63.7 Å². The molecule has 2 N–H and O–H groups in total. The molecule has 1 saturated heterocycles. The maximum atomic E-state index is 14.1. The average molecular weight is 597 g/mol. The molecule has 8 nitrogen and oxygen atoms in total. The number of hydrogen-bond acceptors (Lipinski definition) is 6. The van der Waals surface area contributed by atoms with Gasteiger partial charge in [-0.25, -0.2) is 4.79 Å². The van der Waals surface area contributed by atoms with Crippen LogP contribution in [0.15, 0.2) is 60.9 Å². The fraction of sp³-hybridized carbons (Fsp3) is 0.375. The van der Waals surface area contributed by atoms with Crippen molar-refractivity contribution in [1.29, 1.82) is 0 Å². The third kappa shape index (κ3) is 8.33. The maximum Gasteiger partial charge on any atom is 0.416 e. The molecule has 11 heteroatoms. The van der Waals surface area contributed by atoms with Gasteiger partial charge >= 0.3 is 12.3 Å². The molecular weight excluding hydrogens is 561 g/mol. The second kappa shape index (κ2) is 12.8. The number of aromatic nitrogens is 1. The Kier molecular flexibility index (Phi) is 9.42. The van der Waals surface area contributed by atoms with Gasteiger partial charge in [0.2, 0.25) is 5.91 Å². The summed E-state index contributed by atoms with van der Waals surface area (Å²) in [4.78, 5) is 44.7. The first-order chi connectivity index (χ1) is 20.2. The molecule has 2 heterocycles.